The highest BCUT2D eigenvalue weighted by molar-refractivity contribution is 6.65. The molecule has 0 spiro atoms. The molecule has 0 aliphatic carbocycles. The van der Waals surface area contributed by atoms with Gasteiger partial charge in [0.15, 0.2) is 0 Å². The average molecular weight is 207 g/mol. The fourth-order valence-electron chi connectivity index (χ4n) is 1.35. The number of piperazine rings is 1. The highest BCUT2D eigenvalue weighted by Crippen LogP contribution is 2.20. The summed E-state index contributed by atoms with van der Waals surface area (Å²) in [4.78, 5) is 22.9. The Labute approximate surface area is 80.7 Å². The molecule has 1 atom stereocenters. The smallest absolute Gasteiger partial charge is 0.408 e. The first-order chi connectivity index (χ1) is 5.98. The fourth-order valence-corrected chi connectivity index (χ4v) is 1.52. The summed E-state index contributed by atoms with van der Waals surface area (Å²) in [6, 6.07) is 0. The van der Waals surface area contributed by atoms with Gasteiger partial charge in [-0.3, -0.25) is 9.69 Å². The number of hydrogen-bond donors (Lipinski definition) is 2. The third-order valence-electron chi connectivity index (χ3n) is 2.23. The van der Waals surface area contributed by atoms with Crippen LogP contribution in [0.15, 0.2) is 0 Å². The van der Waals surface area contributed by atoms with E-state index in [1.54, 1.807) is 0 Å². The molecule has 1 fully saturated rings. The van der Waals surface area contributed by atoms with Crippen molar-refractivity contribution >= 4 is 22.9 Å². The van der Waals surface area contributed by atoms with Crippen LogP contribution >= 0.6 is 11.6 Å². The zero-order valence-electron chi connectivity index (χ0n) is 7.21. The number of carbonyl (C=O) groups excluding carboxylic acids is 1. The van der Waals surface area contributed by atoms with E-state index in [1.165, 1.54) is 6.92 Å². The number of nitrogens with zero attached hydrogens (tertiary/aromatic N) is 1. The summed E-state index contributed by atoms with van der Waals surface area (Å²) in [6.07, 6.45) is -1.11. The van der Waals surface area contributed by atoms with Crippen molar-refractivity contribution < 1.29 is 14.7 Å². The molecular formula is C7H11ClN2O3. The maximum absolute atomic E-state index is 11.1. The number of carbonyl (C=O) groups is 2. The van der Waals surface area contributed by atoms with Crippen molar-refractivity contribution in [3.8, 4) is 0 Å². The molecule has 6 heteroatoms. The van der Waals surface area contributed by atoms with Crippen LogP contribution in [0, 0.1) is 0 Å². The Balaban J connectivity index is 2.89. The Kier molecular flexibility index (Phi) is 2.77. The monoisotopic (exact) mass is 206 g/mol. The van der Waals surface area contributed by atoms with Gasteiger partial charge in [-0.1, -0.05) is 0 Å². The quantitative estimate of drug-likeness (QED) is 0.597. The number of hydrogen-bond acceptors (Lipinski definition) is 3. The van der Waals surface area contributed by atoms with Crippen LogP contribution in [-0.4, -0.2) is 46.5 Å². The molecule has 1 aliphatic heterocycles. The van der Waals surface area contributed by atoms with Gasteiger partial charge in [0.2, 0.25) is 5.24 Å². The third kappa shape index (κ3) is 1.76. The Hall–Kier alpha value is -0.810. The molecule has 2 N–H and O–H groups in total. The molecule has 1 heterocycles. The van der Waals surface area contributed by atoms with Gasteiger partial charge in [0.05, 0.1) is 0 Å². The van der Waals surface area contributed by atoms with Crippen LogP contribution in [-0.2, 0) is 4.79 Å². The van der Waals surface area contributed by atoms with Crippen molar-refractivity contribution in [3.63, 3.8) is 0 Å². The van der Waals surface area contributed by atoms with Gasteiger partial charge in [-0.2, -0.15) is 0 Å². The van der Waals surface area contributed by atoms with E-state index in [0.717, 1.165) is 4.90 Å². The standard InChI is InChI=1S/C7H11ClN2O3/c1-7(5(8)11)4-9-2-3-10(7)6(12)13/h9H,2-4H2,1H3,(H,12,13). The lowest BCUT2D eigenvalue weighted by Gasteiger charge is -2.40. The molecule has 0 bridgehead atoms. The molecule has 1 aliphatic rings. The summed E-state index contributed by atoms with van der Waals surface area (Å²) >= 11 is 5.35. The Morgan fingerprint density at radius 3 is 2.62 bits per heavy atom. The molecule has 0 aromatic rings. The zero-order chi connectivity index (χ0) is 10.1. The summed E-state index contributed by atoms with van der Waals surface area (Å²) in [7, 11) is 0. The van der Waals surface area contributed by atoms with E-state index < -0.39 is 16.9 Å². The normalized spacial score (nSPS) is 28.6. The number of nitrogens with one attached hydrogen (secondary N) is 1. The van der Waals surface area contributed by atoms with Crippen LogP contribution < -0.4 is 5.32 Å². The van der Waals surface area contributed by atoms with Crippen molar-refractivity contribution in [2.24, 2.45) is 0 Å². The number of rotatable bonds is 1. The van der Waals surface area contributed by atoms with Gasteiger partial charge in [-0.15, -0.1) is 0 Å². The minimum Gasteiger partial charge on any atom is -0.465 e. The molecule has 0 radical (unpaired) electrons. The van der Waals surface area contributed by atoms with E-state index >= 15 is 0 Å². The van der Waals surface area contributed by atoms with Gasteiger partial charge in [-0.05, 0) is 18.5 Å². The zero-order valence-corrected chi connectivity index (χ0v) is 7.97. The van der Waals surface area contributed by atoms with Crippen LogP contribution in [0.3, 0.4) is 0 Å². The lowest BCUT2D eigenvalue weighted by atomic mass is 10.00. The Bertz CT molecular complexity index is 246. The molecule has 0 aromatic heterocycles. The highest BCUT2D eigenvalue weighted by Gasteiger charge is 2.43. The summed E-state index contributed by atoms with van der Waals surface area (Å²) in [5.74, 6) is 0. The molecule has 1 unspecified atom stereocenters. The number of carboxylic acid groups (broad SMARTS) is 1. The van der Waals surface area contributed by atoms with E-state index in [9.17, 15) is 9.59 Å². The van der Waals surface area contributed by atoms with E-state index in [-0.39, 0.29) is 13.1 Å². The molecule has 1 amide bonds. The maximum Gasteiger partial charge on any atom is 0.408 e. The minimum atomic E-state index is -1.13. The van der Waals surface area contributed by atoms with Crippen LogP contribution in [0.5, 0.6) is 0 Å². The number of halogens is 1. The second kappa shape index (κ2) is 3.51. The maximum atomic E-state index is 11.1. The Morgan fingerprint density at radius 2 is 2.23 bits per heavy atom. The second-order valence-electron chi connectivity index (χ2n) is 3.16. The molecule has 5 nitrogen and oxygen atoms in total. The molecule has 1 rings (SSSR count). The minimum absolute atomic E-state index is 0.266. The molecule has 0 aromatic carbocycles. The molecule has 13 heavy (non-hydrogen) atoms. The van der Waals surface area contributed by atoms with E-state index in [1.807, 2.05) is 0 Å². The van der Waals surface area contributed by atoms with Gasteiger partial charge in [0, 0.05) is 19.6 Å². The number of amides is 1. The predicted molar refractivity (Wildman–Crippen MR) is 46.9 cm³/mol. The first kappa shape index (κ1) is 10.3. The van der Waals surface area contributed by atoms with E-state index in [2.05, 4.69) is 5.32 Å². The van der Waals surface area contributed by atoms with Crippen LogP contribution in [0.2, 0.25) is 0 Å². The third-order valence-corrected chi connectivity index (χ3v) is 2.64. The summed E-state index contributed by atoms with van der Waals surface area (Å²) in [5.41, 5.74) is -1.13. The van der Waals surface area contributed by atoms with Gasteiger partial charge in [-0.25, -0.2) is 4.79 Å². The molecule has 0 saturated carbocycles. The summed E-state index contributed by atoms with van der Waals surface area (Å²) < 4.78 is 0. The lowest BCUT2D eigenvalue weighted by Crippen LogP contribution is -2.64. The van der Waals surface area contributed by atoms with Crippen molar-refractivity contribution in [2.45, 2.75) is 12.5 Å². The van der Waals surface area contributed by atoms with Crippen molar-refractivity contribution in [1.82, 2.24) is 10.2 Å². The highest BCUT2D eigenvalue weighted by atomic mass is 35.5. The van der Waals surface area contributed by atoms with Gasteiger partial charge >= 0.3 is 6.09 Å². The molecule has 1 saturated heterocycles. The summed E-state index contributed by atoms with van der Waals surface area (Å²) in [5, 5.41) is 11.1. The average Bonchev–Trinajstić information content (AvgIpc) is 2.04. The second-order valence-corrected chi connectivity index (χ2v) is 3.50. The van der Waals surface area contributed by atoms with E-state index in [4.69, 9.17) is 16.7 Å². The predicted octanol–water partition coefficient (Wildman–Crippen LogP) is 0.0937. The van der Waals surface area contributed by atoms with Crippen molar-refractivity contribution in [1.29, 1.82) is 0 Å². The van der Waals surface area contributed by atoms with Gasteiger partial charge < -0.3 is 10.4 Å². The Morgan fingerprint density at radius 1 is 1.62 bits per heavy atom. The first-order valence-corrected chi connectivity index (χ1v) is 4.27. The van der Waals surface area contributed by atoms with Crippen LogP contribution in [0.25, 0.3) is 0 Å². The molecule has 74 valence electrons. The summed E-state index contributed by atoms with van der Waals surface area (Å²) in [6.45, 7) is 2.61. The fraction of sp³-hybridized carbons (Fsp3) is 0.714. The van der Waals surface area contributed by atoms with Crippen LogP contribution in [0.4, 0.5) is 4.79 Å². The van der Waals surface area contributed by atoms with Crippen molar-refractivity contribution in [2.75, 3.05) is 19.6 Å². The lowest BCUT2D eigenvalue weighted by molar-refractivity contribution is -0.122. The van der Waals surface area contributed by atoms with Crippen molar-refractivity contribution in [3.05, 3.63) is 0 Å². The van der Waals surface area contributed by atoms with Gasteiger partial charge in [0.25, 0.3) is 0 Å². The molecular weight excluding hydrogens is 196 g/mol. The topological polar surface area (TPSA) is 69.6 Å². The SMILES string of the molecule is CC1(C(=O)Cl)CNCCN1C(=O)O. The first-order valence-electron chi connectivity index (χ1n) is 3.89. The van der Waals surface area contributed by atoms with E-state index in [0.29, 0.717) is 6.54 Å². The largest absolute Gasteiger partial charge is 0.465 e. The van der Waals surface area contributed by atoms with Crippen LogP contribution in [0.1, 0.15) is 6.92 Å². The van der Waals surface area contributed by atoms with Gasteiger partial charge in [0.1, 0.15) is 5.54 Å².